The minimum absolute atomic E-state index is 0.0308. The standard InChI is InChI=1S/C27H28N4O2/c1-27(9-3-4-10-27)16-31-15-20(13-28-31)21-11-18-7-8-23(32)25(18)29-24(21)17-5-6-19-14-30(2)26(33)22(19)12-17/h5-6,11-13,15H,3-4,7-10,14,16H2,1-2H3. The molecule has 6 nitrogen and oxygen atoms in total. The van der Waals surface area contributed by atoms with Crippen LogP contribution in [0.2, 0.25) is 0 Å². The highest BCUT2D eigenvalue weighted by Crippen LogP contribution is 2.40. The van der Waals surface area contributed by atoms with Crippen molar-refractivity contribution in [1.29, 1.82) is 0 Å². The average Bonchev–Trinajstić information content (AvgIpc) is 3.58. The predicted octanol–water partition coefficient (Wildman–Crippen LogP) is 4.91. The zero-order valence-electron chi connectivity index (χ0n) is 19.2. The van der Waals surface area contributed by atoms with E-state index >= 15 is 0 Å². The smallest absolute Gasteiger partial charge is 0.254 e. The van der Waals surface area contributed by atoms with Gasteiger partial charge in [-0.3, -0.25) is 14.3 Å². The van der Waals surface area contributed by atoms with Gasteiger partial charge in [0.05, 0.1) is 11.9 Å². The van der Waals surface area contributed by atoms with Crippen LogP contribution in [0.25, 0.3) is 22.4 Å². The molecule has 0 N–H and O–H groups in total. The first-order chi connectivity index (χ1) is 15.9. The third kappa shape index (κ3) is 3.39. The number of Topliss-reactive ketones (excluding diaryl/α,β-unsaturated/α-hetero) is 1. The summed E-state index contributed by atoms with van der Waals surface area (Å²) in [6.07, 6.45) is 10.3. The van der Waals surface area contributed by atoms with E-state index in [2.05, 4.69) is 29.0 Å². The number of carbonyl (C=O) groups excluding carboxylic acids is 2. The number of hydrogen-bond acceptors (Lipinski definition) is 4. The van der Waals surface area contributed by atoms with Crippen LogP contribution in [0, 0.1) is 5.41 Å². The summed E-state index contributed by atoms with van der Waals surface area (Å²) in [6, 6.07) is 8.08. The topological polar surface area (TPSA) is 68.1 Å². The summed E-state index contributed by atoms with van der Waals surface area (Å²) >= 11 is 0. The van der Waals surface area contributed by atoms with Crippen molar-refractivity contribution in [3.05, 3.63) is 59.0 Å². The van der Waals surface area contributed by atoms with Gasteiger partial charge in [0.1, 0.15) is 5.69 Å². The molecule has 1 amide bonds. The zero-order valence-corrected chi connectivity index (χ0v) is 19.2. The Morgan fingerprint density at radius 2 is 1.79 bits per heavy atom. The summed E-state index contributed by atoms with van der Waals surface area (Å²) in [6.45, 7) is 3.90. The van der Waals surface area contributed by atoms with E-state index < -0.39 is 0 Å². The molecule has 1 saturated carbocycles. The molecule has 0 bridgehead atoms. The third-order valence-corrected chi connectivity index (χ3v) is 7.65. The molecule has 1 fully saturated rings. The molecular formula is C27H28N4O2. The Morgan fingerprint density at radius 3 is 2.61 bits per heavy atom. The quantitative estimate of drug-likeness (QED) is 0.578. The van der Waals surface area contributed by atoms with Crippen molar-refractivity contribution in [1.82, 2.24) is 19.7 Å². The Kier molecular flexibility index (Phi) is 4.54. The van der Waals surface area contributed by atoms with Crippen LogP contribution in [0.1, 0.15) is 71.0 Å². The second kappa shape index (κ2) is 7.37. The Labute approximate surface area is 193 Å². The van der Waals surface area contributed by atoms with Gasteiger partial charge in [-0.05, 0) is 47.9 Å². The van der Waals surface area contributed by atoms with Gasteiger partial charge in [0.2, 0.25) is 0 Å². The molecule has 0 spiro atoms. The van der Waals surface area contributed by atoms with Crippen LogP contribution in [-0.4, -0.2) is 38.4 Å². The lowest BCUT2D eigenvalue weighted by Crippen LogP contribution is -2.19. The van der Waals surface area contributed by atoms with E-state index in [0.717, 1.165) is 52.0 Å². The van der Waals surface area contributed by atoms with Crippen LogP contribution in [0.15, 0.2) is 36.7 Å². The van der Waals surface area contributed by atoms with E-state index in [9.17, 15) is 9.59 Å². The second-order valence-electron chi connectivity index (χ2n) is 10.3. The van der Waals surface area contributed by atoms with Gasteiger partial charge in [-0.1, -0.05) is 31.9 Å². The van der Waals surface area contributed by atoms with Gasteiger partial charge in [0.15, 0.2) is 5.78 Å². The highest BCUT2D eigenvalue weighted by atomic mass is 16.2. The maximum Gasteiger partial charge on any atom is 0.254 e. The Hall–Kier alpha value is -3.28. The van der Waals surface area contributed by atoms with E-state index in [4.69, 9.17) is 4.98 Å². The van der Waals surface area contributed by atoms with E-state index in [1.807, 2.05) is 31.4 Å². The summed E-state index contributed by atoms with van der Waals surface area (Å²) in [5, 5.41) is 4.69. The molecule has 3 heterocycles. The lowest BCUT2D eigenvalue weighted by molar-refractivity contribution is 0.0816. The maximum absolute atomic E-state index is 12.6. The van der Waals surface area contributed by atoms with Gasteiger partial charge in [0, 0.05) is 55.0 Å². The highest BCUT2D eigenvalue weighted by molar-refractivity contribution is 6.02. The van der Waals surface area contributed by atoms with Gasteiger partial charge in [-0.15, -0.1) is 0 Å². The number of pyridine rings is 1. The molecular weight excluding hydrogens is 412 g/mol. The number of benzene rings is 1. The Balaban J connectivity index is 1.44. The largest absolute Gasteiger partial charge is 0.337 e. The SMILES string of the molecule is CN1Cc2ccc(-c3nc4c(cc3-c3cnn(CC5(C)CCCC5)c3)CCC4=O)cc2C1=O. The van der Waals surface area contributed by atoms with Crippen molar-refractivity contribution in [2.45, 2.75) is 58.5 Å². The first-order valence-electron chi connectivity index (χ1n) is 11.9. The van der Waals surface area contributed by atoms with Gasteiger partial charge < -0.3 is 4.90 Å². The predicted molar refractivity (Wildman–Crippen MR) is 126 cm³/mol. The van der Waals surface area contributed by atoms with Crippen molar-refractivity contribution in [2.24, 2.45) is 5.41 Å². The minimum Gasteiger partial charge on any atom is -0.337 e. The van der Waals surface area contributed by atoms with E-state index in [0.29, 0.717) is 24.1 Å². The molecule has 0 radical (unpaired) electrons. The number of aromatic nitrogens is 3. The molecule has 0 unspecified atom stereocenters. The number of ketones is 1. The Morgan fingerprint density at radius 1 is 0.970 bits per heavy atom. The molecule has 3 aliphatic rings. The number of carbonyl (C=O) groups is 2. The number of amides is 1. The van der Waals surface area contributed by atoms with E-state index in [1.54, 1.807) is 4.90 Å². The molecule has 3 aromatic rings. The lowest BCUT2D eigenvalue weighted by atomic mass is 9.89. The normalized spacial score (nSPS) is 18.8. The molecule has 2 aromatic heterocycles. The van der Waals surface area contributed by atoms with Crippen LogP contribution < -0.4 is 0 Å². The monoisotopic (exact) mass is 440 g/mol. The van der Waals surface area contributed by atoms with E-state index in [-0.39, 0.29) is 11.7 Å². The number of nitrogens with zero attached hydrogens (tertiary/aromatic N) is 4. The molecule has 6 heteroatoms. The molecule has 33 heavy (non-hydrogen) atoms. The first-order valence-corrected chi connectivity index (χ1v) is 11.9. The average molecular weight is 441 g/mol. The summed E-state index contributed by atoms with van der Waals surface area (Å²) in [7, 11) is 1.82. The molecule has 6 rings (SSSR count). The minimum atomic E-state index is 0.0308. The molecule has 168 valence electrons. The van der Waals surface area contributed by atoms with Crippen molar-refractivity contribution < 1.29 is 9.59 Å². The number of hydrogen-bond donors (Lipinski definition) is 0. The third-order valence-electron chi connectivity index (χ3n) is 7.65. The van der Waals surface area contributed by atoms with Crippen molar-refractivity contribution >= 4 is 11.7 Å². The van der Waals surface area contributed by atoms with Crippen LogP contribution in [0.4, 0.5) is 0 Å². The second-order valence-corrected chi connectivity index (χ2v) is 10.3. The maximum atomic E-state index is 12.6. The van der Waals surface area contributed by atoms with Crippen molar-refractivity contribution in [3.8, 4) is 22.4 Å². The summed E-state index contributed by atoms with van der Waals surface area (Å²) in [5.41, 5.74) is 7.24. The molecule has 0 saturated heterocycles. The van der Waals surface area contributed by atoms with Crippen LogP contribution in [-0.2, 0) is 19.5 Å². The summed E-state index contributed by atoms with van der Waals surface area (Å²) < 4.78 is 2.06. The highest BCUT2D eigenvalue weighted by Gasteiger charge is 2.30. The van der Waals surface area contributed by atoms with Crippen LogP contribution in [0.5, 0.6) is 0 Å². The van der Waals surface area contributed by atoms with Crippen molar-refractivity contribution in [2.75, 3.05) is 7.05 Å². The molecule has 0 atom stereocenters. The summed E-state index contributed by atoms with van der Waals surface area (Å²) in [5.74, 6) is 0.128. The van der Waals surface area contributed by atoms with E-state index in [1.165, 1.54) is 25.7 Å². The van der Waals surface area contributed by atoms with Gasteiger partial charge in [-0.2, -0.15) is 5.10 Å². The fourth-order valence-corrected chi connectivity index (χ4v) is 5.75. The molecule has 1 aromatic carbocycles. The Bertz CT molecular complexity index is 1300. The fraction of sp³-hybridized carbons (Fsp3) is 0.407. The molecule has 2 aliphatic carbocycles. The van der Waals surface area contributed by atoms with Gasteiger partial charge >= 0.3 is 0 Å². The van der Waals surface area contributed by atoms with Crippen LogP contribution in [0.3, 0.4) is 0 Å². The number of fused-ring (bicyclic) bond motifs is 2. The molecule has 1 aliphatic heterocycles. The van der Waals surface area contributed by atoms with Crippen molar-refractivity contribution in [3.63, 3.8) is 0 Å². The summed E-state index contributed by atoms with van der Waals surface area (Å²) in [4.78, 5) is 31.7. The van der Waals surface area contributed by atoms with Crippen LogP contribution >= 0.6 is 0 Å². The van der Waals surface area contributed by atoms with Gasteiger partial charge in [0.25, 0.3) is 5.91 Å². The number of aryl methyl sites for hydroxylation is 1. The lowest BCUT2D eigenvalue weighted by Gasteiger charge is -2.22. The fourth-order valence-electron chi connectivity index (χ4n) is 5.75. The number of rotatable bonds is 4. The van der Waals surface area contributed by atoms with Gasteiger partial charge in [-0.25, -0.2) is 4.98 Å². The first kappa shape index (κ1) is 20.3. The zero-order chi connectivity index (χ0) is 22.7.